The van der Waals surface area contributed by atoms with E-state index in [2.05, 4.69) is 15.5 Å². The molecule has 0 bridgehead atoms. The monoisotopic (exact) mass is 334 g/mol. The summed E-state index contributed by atoms with van der Waals surface area (Å²) in [5.41, 5.74) is 0. The Bertz CT molecular complexity index is 802. The standard InChI is InChI=1S/C14H14N4O2S2/c1-9(13(19)15-8-10-4-2-6-20-10)18-12(16-17-14(18)21)11-5-3-7-22-11/h2-7,9H,8H2,1H3,(H,15,19)(H,17,21)/t9-/m0/s1. The number of carbonyl (C=O) groups is 1. The lowest BCUT2D eigenvalue weighted by molar-refractivity contribution is -0.124. The number of thiophene rings is 1. The quantitative estimate of drug-likeness (QED) is 0.703. The van der Waals surface area contributed by atoms with Crippen LogP contribution >= 0.6 is 23.6 Å². The van der Waals surface area contributed by atoms with Crippen molar-refractivity contribution in [2.75, 3.05) is 0 Å². The van der Waals surface area contributed by atoms with E-state index >= 15 is 0 Å². The Morgan fingerprint density at radius 1 is 1.55 bits per heavy atom. The van der Waals surface area contributed by atoms with Gasteiger partial charge in [-0.05, 0) is 42.7 Å². The first-order valence-electron chi connectivity index (χ1n) is 6.67. The lowest BCUT2D eigenvalue weighted by atomic mass is 10.3. The van der Waals surface area contributed by atoms with Crippen molar-refractivity contribution in [1.29, 1.82) is 0 Å². The third-order valence-corrected chi connectivity index (χ3v) is 4.38. The maximum absolute atomic E-state index is 12.4. The predicted molar refractivity (Wildman–Crippen MR) is 86.0 cm³/mol. The molecule has 6 nitrogen and oxygen atoms in total. The van der Waals surface area contributed by atoms with Crippen molar-refractivity contribution in [3.63, 3.8) is 0 Å². The maximum Gasteiger partial charge on any atom is 0.243 e. The van der Waals surface area contributed by atoms with Gasteiger partial charge in [-0.1, -0.05) is 6.07 Å². The number of carbonyl (C=O) groups excluding carboxylic acids is 1. The van der Waals surface area contributed by atoms with Crippen LogP contribution in [0, 0.1) is 4.77 Å². The van der Waals surface area contributed by atoms with E-state index in [1.807, 2.05) is 23.6 Å². The topological polar surface area (TPSA) is 75.8 Å². The van der Waals surface area contributed by atoms with Crippen LogP contribution in [0.3, 0.4) is 0 Å². The zero-order valence-electron chi connectivity index (χ0n) is 11.8. The van der Waals surface area contributed by atoms with Gasteiger partial charge in [0.1, 0.15) is 11.8 Å². The van der Waals surface area contributed by atoms with E-state index in [4.69, 9.17) is 16.6 Å². The molecule has 0 radical (unpaired) electrons. The Morgan fingerprint density at radius 3 is 3.09 bits per heavy atom. The molecule has 0 unspecified atom stereocenters. The smallest absolute Gasteiger partial charge is 0.243 e. The molecule has 3 aromatic heterocycles. The van der Waals surface area contributed by atoms with Gasteiger partial charge >= 0.3 is 0 Å². The van der Waals surface area contributed by atoms with Crippen molar-refractivity contribution in [2.24, 2.45) is 0 Å². The van der Waals surface area contributed by atoms with Gasteiger partial charge in [0.25, 0.3) is 0 Å². The van der Waals surface area contributed by atoms with Crippen LogP contribution in [-0.4, -0.2) is 20.7 Å². The predicted octanol–water partition coefficient (Wildman–Crippen LogP) is 3.14. The minimum Gasteiger partial charge on any atom is -0.467 e. The molecule has 0 spiro atoms. The summed E-state index contributed by atoms with van der Waals surface area (Å²) in [7, 11) is 0. The van der Waals surface area contributed by atoms with Gasteiger partial charge in [-0.3, -0.25) is 14.5 Å². The van der Waals surface area contributed by atoms with Crippen LogP contribution in [-0.2, 0) is 11.3 Å². The molecule has 2 N–H and O–H groups in total. The highest BCUT2D eigenvalue weighted by Crippen LogP contribution is 2.25. The second-order valence-corrected chi connectivity index (χ2v) is 6.01. The van der Waals surface area contributed by atoms with Crippen LogP contribution in [0.5, 0.6) is 0 Å². The molecule has 1 amide bonds. The number of amides is 1. The molecule has 0 saturated carbocycles. The van der Waals surface area contributed by atoms with E-state index < -0.39 is 6.04 Å². The Hall–Kier alpha value is -2.19. The highest BCUT2D eigenvalue weighted by molar-refractivity contribution is 7.71. The van der Waals surface area contributed by atoms with Gasteiger partial charge < -0.3 is 9.73 Å². The fraction of sp³-hybridized carbons (Fsp3) is 0.214. The van der Waals surface area contributed by atoms with Crippen LogP contribution in [0.25, 0.3) is 10.7 Å². The van der Waals surface area contributed by atoms with Gasteiger partial charge in [0.15, 0.2) is 10.6 Å². The first kappa shape index (κ1) is 14.7. The zero-order valence-corrected chi connectivity index (χ0v) is 13.4. The van der Waals surface area contributed by atoms with E-state index in [0.29, 0.717) is 22.9 Å². The fourth-order valence-corrected chi connectivity index (χ4v) is 3.10. The van der Waals surface area contributed by atoms with Crippen molar-refractivity contribution in [3.8, 4) is 10.7 Å². The molecule has 3 rings (SSSR count). The van der Waals surface area contributed by atoms with Crippen molar-refractivity contribution >= 4 is 29.5 Å². The van der Waals surface area contributed by atoms with Crippen molar-refractivity contribution < 1.29 is 9.21 Å². The first-order chi connectivity index (χ1) is 10.7. The van der Waals surface area contributed by atoms with Crippen LogP contribution in [0.15, 0.2) is 40.3 Å². The number of aromatic nitrogens is 3. The van der Waals surface area contributed by atoms with Crippen molar-refractivity contribution in [3.05, 3.63) is 46.4 Å². The SMILES string of the molecule is C[C@@H](C(=O)NCc1ccco1)n1c(-c2cccs2)n[nH]c1=S. The average molecular weight is 334 g/mol. The molecule has 0 fully saturated rings. The Morgan fingerprint density at radius 2 is 2.41 bits per heavy atom. The average Bonchev–Trinajstić information content (AvgIpc) is 3.25. The number of nitrogens with one attached hydrogen (secondary N) is 2. The van der Waals surface area contributed by atoms with Crippen LogP contribution < -0.4 is 5.32 Å². The summed E-state index contributed by atoms with van der Waals surface area (Å²) in [6.07, 6.45) is 1.58. The Balaban J connectivity index is 1.80. The second kappa shape index (κ2) is 6.29. The summed E-state index contributed by atoms with van der Waals surface area (Å²) in [6, 6.07) is 7.00. The first-order valence-corrected chi connectivity index (χ1v) is 7.96. The van der Waals surface area contributed by atoms with Crippen LogP contribution in [0.1, 0.15) is 18.7 Å². The molecule has 0 aliphatic carbocycles. The summed E-state index contributed by atoms with van der Waals surface area (Å²) < 4.78 is 7.34. The summed E-state index contributed by atoms with van der Waals surface area (Å²) >= 11 is 6.80. The number of H-pyrrole nitrogens is 1. The summed E-state index contributed by atoms with van der Waals surface area (Å²) in [5.74, 6) is 1.22. The normalized spacial score (nSPS) is 12.2. The number of hydrogen-bond donors (Lipinski definition) is 2. The van der Waals surface area contributed by atoms with Gasteiger partial charge in [-0.15, -0.1) is 11.3 Å². The molecule has 0 saturated heterocycles. The number of hydrogen-bond acceptors (Lipinski definition) is 5. The Kier molecular flexibility index (Phi) is 4.21. The number of aromatic amines is 1. The third-order valence-electron chi connectivity index (χ3n) is 3.23. The summed E-state index contributed by atoms with van der Waals surface area (Å²) in [4.78, 5) is 13.3. The molecular formula is C14H14N4O2S2. The molecule has 3 heterocycles. The van der Waals surface area contributed by atoms with Gasteiger partial charge in [0, 0.05) is 0 Å². The largest absolute Gasteiger partial charge is 0.467 e. The fourth-order valence-electron chi connectivity index (χ4n) is 2.10. The van der Waals surface area contributed by atoms with E-state index in [-0.39, 0.29) is 5.91 Å². The van der Waals surface area contributed by atoms with Crippen LogP contribution in [0.2, 0.25) is 0 Å². The molecule has 3 aromatic rings. The summed E-state index contributed by atoms with van der Waals surface area (Å²) in [6.45, 7) is 2.13. The highest BCUT2D eigenvalue weighted by atomic mass is 32.1. The molecule has 0 aliphatic heterocycles. The van der Waals surface area contributed by atoms with Crippen LogP contribution in [0.4, 0.5) is 0 Å². The maximum atomic E-state index is 12.4. The molecule has 0 aliphatic rings. The number of rotatable bonds is 5. The highest BCUT2D eigenvalue weighted by Gasteiger charge is 2.21. The van der Waals surface area contributed by atoms with Gasteiger partial charge in [-0.2, -0.15) is 5.10 Å². The van der Waals surface area contributed by atoms with Crippen molar-refractivity contribution in [2.45, 2.75) is 19.5 Å². The van der Waals surface area contributed by atoms with Gasteiger partial charge in [-0.25, -0.2) is 0 Å². The van der Waals surface area contributed by atoms with Gasteiger partial charge in [0.05, 0.1) is 17.7 Å². The lowest BCUT2D eigenvalue weighted by Crippen LogP contribution is -2.30. The lowest BCUT2D eigenvalue weighted by Gasteiger charge is -2.14. The van der Waals surface area contributed by atoms with E-state index in [0.717, 1.165) is 4.88 Å². The Labute approximate surface area is 135 Å². The van der Waals surface area contributed by atoms with E-state index in [9.17, 15) is 4.79 Å². The van der Waals surface area contributed by atoms with E-state index in [1.54, 1.807) is 35.2 Å². The molecular weight excluding hydrogens is 320 g/mol. The second-order valence-electron chi connectivity index (χ2n) is 4.67. The zero-order chi connectivity index (χ0) is 15.5. The minimum absolute atomic E-state index is 0.147. The molecule has 114 valence electrons. The summed E-state index contributed by atoms with van der Waals surface area (Å²) in [5, 5.41) is 11.8. The van der Waals surface area contributed by atoms with Gasteiger partial charge in [0.2, 0.25) is 5.91 Å². The third kappa shape index (κ3) is 2.88. The van der Waals surface area contributed by atoms with Crippen molar-refractivity contribution in [1.82, 2.24) is 20.1 Å². The minimum atomic E-state index is -0.474. The molecule has 0 aromatic carbocycles. The molecule has 1 atom stereocenters. The molecule has 22 heavy (non-hydrogen) atoms. The molecule has 8 heteroatoms. The number of furan rings is 1. The number of nitrogens with zero attached hydrogens (tertiary/aromatic N) is 2. The van der Waals surface area contributed by atoms with E-state index in [1.165, 1.54) is 0 Å².